The zero-order chi connectivity index (χ0) is 7.56. The molecular formula is C7H8N2O. The van der Waals surface area contributed by atoms with E-state index in [1.54, 1.807) is 18.2 Å². The van der Waals surface area contributed by atoms with Gasteiger partial charge in [0.1, 0.15) is 0 Å². The Kier molecular flexibility index (Phi) is 1.58. The fourth-order valence-corrected chi connectivity index (χ4v) is 0.690. The Balaban J connectivity index is 3.27. The molecule has 2 N–H and O–H groups in total. The summed E-state index contributed by atoms with van der Waals surface area (Å²) in [5, 5.41) is 10.7. The van der Waals surface area contributed by atoms with Gasteiger partial charge in [0.05, 0.1) is 11.8 Å². The lowest BCUT2D eigenvalue weighted by atomic mass is 10.2. The molecule has 0 atom stereocenters. The van der Waals surface area contributed by atoms with E-state index in [1.165, 1.54) is 6.20 Å². The molecule has 1 rings (SSSR count). The number of rotatable bonds is 1. The van der Waals surface area contributed by atoms with Crippen molar-refractivity contribution in [1.82, 2.24) is 0 Å². The number of pyridine rings is 1. The van der Waals surface area contributed by atoms with E-state index in [-0.39, 0.29) is 5.82 Å². The highest BCUT2D eigenvalue weighted by Gasteiger charge is 1.99. The van der Waals surface area contributed by atoms with Gasteiger partial charge < -0.3 is 5.21 Å². The van der Waals surface area contributed by atoms with E-state index in [0.717, 1.165) is 0 Å². The minimum Gasteiger partial charge on any atom is -0.711 e. The molecule has 1 aromatic rings. The van der Waals surface area contributed by atoms with Crippen LogP contribution in [0.5, 0.6) is 0 Å². The van der Waals surface area contributed by atoms with E-state index in [4.69, 9.17) is 5.73 Å². The SMILES string of the molecule is C=Cc1ccc[n+]([O-])c1N. The molecule has 52 valence electrons. The third-order valence-electron chi connectivity index (χ3n) is 1.25. The molecule has 0 unspecified atom stereocenters. The lowest BCUT2D eigenvalue weighted by Crippen LogP contribution is -2.30. The van der Waals surface area contributed by atoms with Crippen molar-refractivity contribution in [2.45, 2.75) is 0 Å². The van der Waals surface area contributed by atoms with Crippen LogP contribution >= 0.6 is 0 Å². The monoisotopic (exact) mass is 136 g/mol. The molecule has 0 aliphatic carbocycles. The van der Waals surface area contributed by atoms with E-state index >= 15 is 0 Å². The Morgan fingerprint density at radius 3 is 2.90 bits per heavy atom. The van der Waals surface area contributed by atoms with Gasteiger partial charge in [-0.25, -0.2) is 4.73 Å². The lowest BCUT2D eigenvalue weighted by Gasteiger charge is -2.04. The van der Waals surface area contributed by atoms with Crippen molar-refractivity contribution in [2.24, 2.45) is 0 Å². The zero-order valence-electron chi connectivity index (χ0n) is 5.45. The van der Waals surface area contributed by atoms with Crippen LogP contribution in [0.3, 0.4) is 0 Å². The first-order chi connectivity index (χ1) is 4.75. The zero-order valence-corrected chi connectivity index (χ0v) is 5.45. The third-order valence-corrected chi connectivity index (χ3v) is 1.25. The molecule has 0 spiro atoms. The number of hydrogen-bond donors (Lipinski definition) is 1. The van der Waals surface area contributed by atoms with Crippen molar-refractivity contribution < 1.29 is 4.73 Å². The van der Waals surface area contributed by atoms with E-state index in [2.05, 4.69) is 6.58 Å². The largest absolute Gasteiger partial charge is 0.711 e. The second-order valence-corrected chi connectivity index (χ2v) is 1.88. The molecule has 0 aliphatic heterocycles. The van der Waals surface area contributed by atoms with Crippen molar-refractivity contribution in [3.05, 3.63) is 35.7 Å². The van der Waals surface area contributed by atoms with Crippen LogP contribution in [0, 0.1) is 5.21 Å². The fourth-order valence-electron chi connectivity index (χ4n) is 0.690. The van der Waals surface area contributed by atoms with Crippen molar-refractivity contribution in [3.63, 3.8) is 0 Å². The highest BCUT2D eigenvalue weighted by Crippen LogP contribution is 2.04. The molecule has 0 saturated heterocycles. The van der Waals surface area contributed by atoms with Gasteiger partial charge in [0.25, 0.3) is 5.82 Å². The maximum absolute atomic E-state index is 10.7. The van der Waals surface area contributed by atoms with Gasteiger partial charge in [-0.2, -0.15) is 0 Å². The van der Waals surface area contributed by atoms with Crippen molar-refractivity contribution in [1.29, 1.82) is 0 Å². The van der Waals surface area contributed by atoms with Gasteiger partial charge in [-0.3, -0.25) is 5.73 Å². The topological polar surface area (TPSA) is 53.0 Å². The first-order valence-corrected chi connectivity index (χ1v) is 2.86. The van der Waals surface area contributed by atoms with Gasteiger partial charge in [-0.1, -0.05) is 12.7 Å². The average Bonchev–Trinajstić information content (AvgIpc) is 1.95. The summed E-state index contributed by atoms with van der Waals surface area (Å²) in [6.07, 6.45) is 2.89. The summed E-state index contributed by atoms with van der Waals surface area (Å²) in [7, 11) is 0. The summed E-state index contributed by atoms with van der Waals surface area (Å²) in [5.74, 6) is 0.192. The van der Waals surface area contributed by atoms with Crippen LogP contribution in [0.1, 0.15) is 5.56 Å². The number of hydrogen-bond acceptors (Lipinski definition) is 2. The fraction of sp³-hybridized carbons (Fsp3) is 0. The Morgan fingerprint density at radius 2 is 2.40 bits per heavy atom. The Hall–Kier alpha value is -1.51. The highest BCUT2D eigenvalue weighted by molar-refractivity contribution is 5.56. The predicted octanol–water partition coefficient (Wildman–Crippen LogP) is 0.545. The van der Waals surface area contributed by atoms with Gasteiger partial charge in [0.2, 0.25) is 0 Å². The van der Waals surface area contributed by atoms with E-state index in [9.17, 15) is 5.21 Å². The number of aromatic nitrogens is 1. The molecule has 0 fully saturated rings. The molecule has 0 aromatic carbocycles. The molecule has 1 aromatic heterocycles. The Bertz CT molecular complexity index is 258. The molecule has 0 radical (unpaired) electrons. The smallest absolute Gasteiger partial charge is 0.282 e. The van der Waals surface area contributed by atoms with Gasteiger partial charge >= 0.3 is 0 Å². The molecular weight excluding hydrogens is 128 g/mol. The van der Waals surface area contributed by atoms with Gasteiger partial charge in [0.15, 0.2) is 0 Å². The maximum atomic E-state index is 10.7. The van der Waals surface area contributed by atoms with Crippen LogP contribution in [0.15, 0.2) is 24.9 Å². The quantitative estimate of drug-likeness (QED) is 0.452. The van der Waals surface area contributed by atoms with Crippen LogP contribution in [-0.4, -0.2) is 0 Å². The molecule has 3 nitrogen and oxygen atoms in total. The Labute approximate surface area is 59.0 Å². The van der Waals surface area contributed by atoms with E-state index in [0.29, 0.717) is 10.3 Å². The second kappa shape index (κ2) is 2.39. The minimum atomic E-state index is 0.192. The lowest BCUT2D eigenvalue weighted by molar-refractivity contribution is -0.590. The number of anilines is 1. The number of nitrogens with zero attached hydrogens (tertiary/aromatic N) is 1. The standard InChI is InChI=1S/C7H8N2O/c1-2-6-4-3-5-9(10)7(6)8/h2-5H,1,8H2. The average molecular weight is 136 g/mol. The molecule has 0 bridgehead atoms. The summed E-state index contributed by atoms with van der Waals surface area (Å²) in [6.45, 7) is 3.50. The first-order valence-electron chi connectivity index (χ1n) is 2.86. The molecule has 3 heteroatoms. The summed E-state index contributed by atoms with van der Waals surface area (Å²) < 4.78 is 0.608. The number of nitrogens with two attached hydrogens (primary N) is 1. The number of nitrogen functional groups attached to an aromatic ring is 1. The van der Waals surface area contributed by atoms with E-state index in [1.807, 2.05) is 0 Å². The van der Waals surface area contributed by atoms with Gasteiger partial charge in [-0.15, -0.1) is 0 Å². The molecule has 10 heavy (non-hydrogen) atoms. The van der Waals surface area contributed by atoms with Crippen LogP contribution in [0.4, 0.5) is 5.82 Å². The van der Waals surface area contributed by atoms with Crippen LogP contribution in [0.25, 0.3) is 6.08 Å². The molecule has 0 saturated carbocycles. The second-order valence-electron chi connectivity index (χ2n) is 1.88. The minimum absolute atomic E-state index is 0.192. The van der Waals surface area contributed by atoms with Crippen molar-refractivity contribution in [3.8, 4) is 0 Å². The highest BCUT2D eigenvalue weighted by atomic mass is 16.5. The normalized spacial score (nSPS) is 9.20. The first kappa shape index (κ1) is 6.61. The van der Waals surface area contributed by atoms with Crippen molar-refractivity contribution in [2.75, 3.05) is 5.73 Å². The molecule has 0 aliphatic rings. The van der Waals surface area contributed by atoms with Gasteiger partial charge in [-0.05, 0) is 12.1 Å². The van der Waals surface area contributed by atoms with E-state index < -0.39 is 0 Å². The summed E-state index contributed by atoms with van der Waals surface area (Å²) in [4.78, 5) is 0. The maximum Gasteiger partial charge on any atom is 0.282 e. The molecule has 0 amide bonds. The van der Waals surface area contributed by atoms with Gasteiger partial charge in [0, 0.05) is 0 Å². The molecule has 1 heterocycles. The van der Waals surface area contributed by atoms with Crippen LogP contribution in [0.2, 0.25) is 0 Å². The predicted molar refractivity (Wildman–Crippen MR) is 39.9 cm³/mol. The third kappa shape index (κ3) is 0.932. The Morgan fingerprint density at radius 1 is 1.70 bits per heavy atom. The summed E-state index contributed by atoms with van der Waals surface area (Å²) in [5.41, 5.74) is 6.04. The summed E-state index contributed by atoms with van der Waals surface area (Å²) in [6, 6.07) is 3.36. The van der Waals surface area contributed by atoms with Crippen LogP contribution in [-0.2, 0) is 0 Å². The van der Waals surface area contributed by atoms with Crippen LogP contribution < -0.4 is 10.5 Å². The van der Waals surface area contributed by atoms with Crippen molar-refractivity contribution >= 4 is 11.9 Å². The summed E-state index contributed by atoms with van der Waals surface area (Å²) >= 11 is 0.